The van der Waals surface area contributed by atoms with Crippen molar-refractivity contribution >= 4 is 0 Å². The summed E-state index contributed by atoms with van der Waals surface area (Å²) in [4.78, 5) is 0. The summed E-state index contributed by atoms with van der Waals surface area (Å²) in [7, 11) is 0. The zero-order valence-electron chi connectivity index (χ0n) is 10.8. The van der Waals surface area contributed by atoms with Crippen LogP contribution >= 0.6 is 0 Å². The Morgan fingerprint density at radius 3 is 2.17 bits per heavy atom. The standard InChI is InChI=1S/C16H20N.BrH/c1-2-3-12-16(15-10-6-4-7-11-15)17-13-8-5-9-14-17;/h4-11,13-14,16H,2-3,12H2,1H3;1H/q+1;/p-1. The molecule has 18 heavy (non-hydrogen) atoms. The number of pyridine rings is 1. The number of unbranched alkanes of at least 4 members (excludes halogenated alkanes) is 1. The highest BCUT2D eigenvalue weighted by molar-refractivity contribution is 5.17. The van der Waals surface area contributed by atoms with Crippen LogP contribution in [0.5, 0.6) is 0 Å². The minimum Gasteiger partial charge on any atom is -1.00 e. The highest BCUT2D eigenvalue weighted by atomic mass is 79.9. The third-order valence-corrected chi connectivity index (χ3v) is 3.11. The van der Waals surface area contributed by atoms with E-state index in [1.165, 1.54) is 24.8 Å². The topological polar surface area (TPSA) is 3.88 Å². The van der Waals surface area contributed by atoms with Crippen LogP contribution in [-0.2, 0) is 0 Å². The summed E-state index contributed by atoms with van der Waals surface area (Å²) in [6.07, 6.45) is 8.04. The Balaban J connectivity index is 0.00000162. The predicted octanol–water partition coefficient (Wildman–Crippen LogP) is 0.758. The maximum absolute atomic E-state index is 2.31. The van der Waals surface area contributed by atoms with E-state index in [0.717, 1.165) is 0 Å². The molecule has 0 aliphatic carbocycles. The van der Waals surface area contributed by atoms with Gasteiger partial charge >= 0.3 is 0 Å². The normalized spacial score (nSPS) is 11.6. The van der Waals surface area contributed by atoms with Crippen molar-refractivity contribution in [1.29, 1.82) is 0 Å². The minimum atomic E-state index is 0. The summed E-state index contributed by atoms with van der Waals surface area (Å²) in [5.74, 6) is 0. The second kappa shape index (κ2) is 8.04. The number of hydrogen-bond acceptors (Lipinski definition) is 0. The second-order valence-electron chi connectivity index (χ2n) is 4.39. The third-order valence-electron chi connectivity index (χ3n) is 3.11. The molecule has 0 amide bonds. The van der Waals surface area contributed by atoms with E-state index >= 15 is 0 Å². The van der Waals surface area contributed by atoms with E-state index in [-0.39, 0.29) is 17.0 Å². The van der Waals surface area contributed by atoms with Gasteiger partial charge in [0.15, 0.2) is 18.4 Å². The van der Waals surface area contributed by atoms with Crippen molar-refractivity contribution in [2.45, 2.75) is 32.2 Å². The molecule has 1 nitrogen and oxygen atoms in total. The number of aromatic nitrogens is 1. The van der Waals surface area contributed by atoms with Crippen molar-refractivity contribution in [3.05, 3.63) is 66.5 Å². The zero-order valence-corrected chi connectivity index (χ0v) is 12.4. The maximum Gasteiger partial charge on any atom is 0.183 e. The van der Waals surface area contributed by atoms with E-state index in [1.54, 1.807) is 0 Å². The molecule has 1 aromatic carbocycles. The third kappa shape index (κ3) is 3.95. The fourth-order valence-electron chi connectivity index (χ4n) is 2.18. The first-order valence-corrected chi connectivity index (χ1v) is 6.42. The van der Waals surface area contributed by atoms with Crippen molar-refractivity contribution in [3.8, 4) is 0 Å². The first-order valence-electron chi connectivity index (χ1n) is 6.42. The van der Waals surface area contributed by atoms with Gasteiger partial charge in [0.1, 0.15) is 0 Å². The van der Waals surface area contributed by atoms with Crippen molar-refractivity contribution in [1.82, 2.24) is 0 Å². The van der Waals surface area contributed by atoms with Gasteiger partial charge in [-0.1, -0.05) is 49.7 Å². The molecular formula is C16H20BrN. The zero-order chi connectivity index (χ0) is 11.9. The van der Waals surface area contributed by atoms with E-state index < -0.39 is 0 Å². The van der Waals surface area contributed by atoms with E-state index in [4.69, 9.17) is 0 Å². The SMILES string of the molecule is CCCCC(c1ccccc1)[n+]1ccccc1.[Br-]. The maximum atomic E-state index is 2.31. The molecule has 96 valence electrons. The molecule has 0 saturated heterocycles. The molecule has 1 heterocycles. The Kier molecular flexibility index (Phi) is 6.66. The Morgan fingerprint density at radius 2 is 1.56 bits per heavy atom. The number of halogens is 1. The lowest BCUT2D eigenvalue weighted by Gasteiger charge is -2.12. The van der Waals surface area contributed by atoms with Crippen molar-refractivity contribution in [2.24, 2.45) is 0 Å². The van der Waals surface area contributed by atoms with Crippen LogP contribution in [0.4, 0.5) is 0 Å². The van der Waals surface area contributed by atoms with Crippen LogP contribution < -0.4 is 21.5 Å². The molecule has 0 fully saturated rings. The van der Waals surface area contributed by atoms with Crippen LogP contribution in [0, 0.1) is 0 Å². The molecule has 0 radical (unpaired) electrons. The van der Waals surface area contributed by atoms with E-state index in [1.807, 2.05) is 0 Å². The van der Waals surface area contributed by atoms with Gasteiger partial charge in [-0.3, -0.25) is 0 Å². The second-order valence-corrected chi connectivity index (χ2v) is 4.39. The van der Waals surface area contributed by atoms with Gasteiger partial charge in [-0.25, -0.2) is 0 Å². The molecular weight excluding hydrogens is 286 g/mol. The molecule has 0 spiro atoms. The van der Waals surface area contributed by atoms with Crippen molar-refractivity contribution in [3.63, 3.8) is 0 Å². The van der Waals surface area contributed by atoms with Crippen LogP contribution in [0.1, 0.15) is 37.8 Å². The average molecular weight is 306 g/mol. The highest BCUT2D eigenvalue weighted by Crippen LogP contribution is 2.18. The average Bonchev–Trinajstić information content (AvgIpc) is 2.42. The van der Waals surface area contributed by atoms with Crippen molar-refractivity contribution < 1.29 is 21.5 Å². The molecule has 1 aromatic heterocycles. The Labute approximate surface area is 120 Å². The van der Waals surface area contributed by atoms with E-state index in [0.29, 0.717) is 6.04 Å². The summed E-state index contributed by atoms with van der Waals surface area (Å²) in [5, 5.41) is 0. The summed E-state index contributed by atoms with van der Waals surface area (Å²) in [6.45, 7) is 2.25. The van der Waals surface area contributed by atoms with Crippen molar-refractivity contribution in [2.75, 3.05) is 0 Å². The number of nitrogens with zero attached hydrogens (tertiary/aromatic N) is 1. The quantitative estimate of drug-likeness (QED) is 0.718. The fraction of sp³-hybridized carbons (Fsp3) is 0.312. The first-order chi connectivity index (χ1) is 8.42. The van der Waals surface area contributed by atoms with E-state index in [9.17, 15) is 0 Å². The molecule has 1 atom stereocenters. The molecule has 1 unspecified atom stereocenters. The van der Waals surface area contributed by atoms with Gasteiger partial charge in [0.2, 0.25) is 0 Å². The summed E-state index contributed by atoms with van der Waals surface area (Å²) < 4.78 is 2.31. The van der Waals surface area contributed by atoms with Crippen LogP contribution in [-0.4, -0.2) is 0 Å². The minimum absolute atomic E-state index is 0. The van der Waals surface area contributed by atoms with Gasteiger partial charge < -0.3 is 17.0 Å². The van der Waals surface area contributed by atoms with Crippen LogP contribution in [0.2, 0.25) is 0 Å². The molecule has 0 bridgehead atoms. The number of rotatable bonds is 5. The highest BCUT2D eigenvalue weighted by Gasteiger charge is 2.18. The Morgan fingerprint density at radius 1 is 0.944 bits per heavy atom. The largest absolute Gasteiger partial charge is 1.00 e. The lowest BCUT2D eigenvalue weighted by Crippen LogP contribution is -3.00. The molecule has 0 aliphatic heterocycles. The predicted molar refractivity (Wildman–Crippen MR) is 70.7 cm³/mol. The summed E-state index contributed by atoms with van der Waals surface area (Å²) in [5.41, 5.74) is 1.40. The molecule has 2 rings (SSSR count). The van der Waals surface area contributed by atoms with Gasteiger partial charge in [0, 0.05) is 24.1 Å². The van der Waals surface area contributed by atoms with Gasteiger partial charge in [-0.05, 0) is 6.42 Å². The summed E-state index contributed by atoms with van der Waals surface area (Å²) in [6, 6.07) is 17.5. The number of benzene rings is 1. The van der Waals surface area contributed by atoms with Crippen LogP contribution in [0.25, 0.3) is 0 Å². The van der Waals surface area contributed by atoms with Gasteiger partial charge in [-0.2, -0.15) is 4.57 Å². The first kappa shape index (κ1) is 14.9. The Hall–Kier alpha value is -1.15. The fourth-order valence-corrected chi connectivity index (χ4v) is 2.18. The van der Waals surface area contributed by atoms with Gasteiger partial charge in [0.05, 0.1) is 0 Å². The van der Waals surface area contributed by atoms with Gasteiger partial charge in [-0.15, -0.1) is 0 Å². The monoisotopic (exact) mass is 305 g/mol. The number of hydrogen-bond donors (Lipinski definition) is 0. The Bertz CT molecular complexity index is 388. The summed E-state index contributed by atoms with van der Waals surface area (Å²) >= 11 is 0. The molecule has 0 N–H and O–H groups in total. The van der Waals surface area contributed by atoms with Gasteiger partial charge in [0.25, 0.3) is 0 Å². The lowest BCUT2D eigenvalue weighted by molar-refractivity contribution is -0.714. The van der Waals surface area contributed by atoms with E-state index in [2.05, 4.69) is 72.4 Å². The van der Waals surface area contributed by atoms with Crippen LogP contribution in [0.3, 0.4) is 0 Å². The molecule has 0 aliphatic rings. The lowest BCUT2D eigenvalue weighted by atomic mass is 10.0. The molecule has 0 saturated carbocycles. The smallest absolute Gasteiger partial charge is 0.183 e. The molecule has 2 heteroatoms. The van der Waals surface area contributed by atoms with Crippen LogP contribution in [0.15, 0.2) is 60.9 Å². The molecule has 2 aromatic rings.